The molecule has 0 unspecified atom stereocenters. The van der Waals surface area contributed by atoms with Crippen molar-refractivity contribution < 1.29 is 0 Å². The lowest BCUT2D eigenvalue weighted by molar-refractivity contribution is 0.848. The van der Waals surface area contributed by atoms with E-state index in [1.165, 1.54) is 11.3 Å². The quantitative estimate of drug-likeness (QED) is 0.343. The van der Waals surface area contributed by atoms with E-state index in [-0.39, 0.29) is 0 Å². The minimum Gasteiger partial charge on any atom is -0.261 e. The summed E-state index contributed by atoms with van der Waals surface area (Å²) in [5.74, 6) is 0. The Morgan fingerprint density at radius 2 is 1.96 bits per heavy atom. The zero-order chi connectivity index (χ0) is 17.1. The highest BCUT2D eigenvalue weighted by atomic mass is 127. The summed E-state index contributed by atoms with van der Waals surface area (Å²) >= 11 is 16.2. The molecule has 0 saturated heterocycles. The van der Waals surface area contributed by atoms with Crippen molar-refractivity contribution in [3.05, 3.63) is 71.8 Å². The number of rotatable bonds is 3. The van der Waals surface area contributed by atoms with E-state index in [0.717, 1.165) is 25.2 Å². The molecule has 0 aliphatic carbocycles. The normalized spacial score (nSPS) is 12.2. The third-order valence-corrected chi connectivity index (χ3v) is 5.74. The van der Waals surface area contributed by atoms with Crippen LogP contribution in [-0.4, -0.2) is 17.9 Å². The molecule has 122 valence electrons. The Balaban J connectivity index is 2.11. The molecular formula is C17H12Cl2IN3S. The Kier molecular flexibility index (Phi) is 5.76. The van der Waals surface area contributed by atoms with Crippen LogP contribution in [0.1, 0.15) is 5.56 Å². The van der Waals surface area contributed by atoms with Gasteiger partial charge in [-0.3, -0.25) is 4.99 Å². The fourth-order valence-electron chi connectivity index (χ4n) is 2.14. The van der Waals surface area contributed by atoms with Crippen LogP contribution in [0.25, 0.3) is 11.3 Å². The van der Waals surface area contributed by atoms with Crippen LogP contribution in [-0.2, 0) is 0 Å². The van der Waals surface area contributed by atoms with Crippen molar-refractivity contribution in [1.29, 1.82) is 0 Å². The van der Waals surface area contributed by atoms with E-state index in [1.54, 1.807) is 17.8 Å². The summed E-state index contributed by atoms with van der Waals surface area (Å²) in [5.41, 5.74) is 2.79. The monoisotopic (exact) mass is 487 g/mol. The first-order chi connectivity index (χ1) is 11.6. The van der Waals surface area contributed by atoms with Crippen molar-refractivity contribution in [2.45, 2.75) is 0 Å². The number of nitrogens with zero attached hydrogens (tertiary/aromatic N) is 3. The molecule has 0 radical (unpaired) electrons. The molecule has 0 spiro atoms. The van der Waals surface area contributed by atoms with E-state index in [1.807, 2.05) is 48.0 Å². The average molecular weight is 488 g/mol. The van der Waals surface area contributed by atoms with E-state index in [0.29, 0.717) is 10.0 Å². The SMILES string of the molecule is CN=c1scc(-c2ccc(Cl)cc2Cl)n1N=Cc1ccccc1I. The summed E-state index contributed by atoms with van der Waals surface area (Å²) in [4.78, 5) is 5.09. The summed E-state index contributed by atoms with van der Waals surface area (Å²) in [7, 11) is 1.75. The lowest BCUT2D eigenvalue weighted by atomic mass is 10.2. The maximum absolute atomic E-state index is 6.35. The average Bonchev–Trinajstić information content (AvgIpc) is 2.97. The summed E-state index contributed by atoms with van der Waals surface area (Å²) in [5, 5.41) is 7.80. The van der Waals surface area contributed by atoms with Crippen LogP contribution < -0.4 is 4.80 Å². The summed E-state index contributed by atoms with van der Waals surface area (Å²) < 4.78 is 2.93. The number of thiazole rings is 1. The van der Waals surface area contributed by atoms with Crippen LogP contribution >= 0.6 is 57.1 Å². The lowest BCUT2D eigenvalue weighted by Crippen LogP contribution is -2.11. The number of benzene rings is 2. The molecule has 1 aromatic heterocycles. The molecular weight excluding hydrogens is 476 g/mol. The van der Waals surface area contributed by atoms with E-state index in [9.17, 15) is 0 Å². The van der Waals surface area contributed by atoms with Gasteiger partial charge in [-0.15, -0.1) is 11.3 Å². The van der Waals surface area contributed by atoms with Gasteiger partial charge in [0.1, 0.15) is 0 Å². The third kappa shape index (κ3) is 3.74. The van der Waals surface area contributed by atoms with Crippen molar-refractivity contribution >= 4 is 63.3 Å². The molecule has 3 aromatic rings. The maximum atomic E-state index is 6.35. The van der Waals surface area contributed by atoms with Gasteiger partial charge in [-0.2, -0.15) is 5.10 Å². The van der Waals surface area contributed by atoms with E-state index < -0.39 is 0 Å². The number of halogens is 3. The molecule has 3 rings (SSSR count). The molecule has 7 heteroatoms. The zero-order valence-electron chi connectivity index (χ0n) is 12.6. The molecule has 0 bridgehead atoms. The van der Waals surface area contributed by atoms with Gasteiger partial charge in [-0.1, -0.05) is 41.4 Å². The minimum absolute atomic E-state index is 0.584. The predicted molar refractivity (Wildman–Crippen MR) is 111 cm³/mol. The van der Waals surface area contributed by atoms with Gasteiger partial charge >= 0.3 is 0 Å². The molecule has 0 aliphatic heterocycles. The smallest absolute Gasteiger partial charge is 0.205 e. The Morgan fingerprint density at radius 3 is 2.67 bits per heavy atom. The molecule has 0 atom stereocenters. The summed E-state index contributed by atoms with van der Waals surface area (Å²) in [6, 6.07) is 13.5. The van der Waals surface area contributed by atoms with E-state index >= 15 is 0 Å². The molecule has 0 aliphatic rings. The second kappa shape index (κ2) is 7.82. The minimum atomic E-state index is 0.584. The Bertz CT molecular complexity index is 976. The molecule has 3 nitrogen and oxygen atoms in total. The molecule has 2 aromatic carbocycles. The van der Waals surface area contributed by atoms with Gasteiger partial charge in [0.2, 0.25) is 4.80 Å². The second-order valence-corrected chi connectivity index (χ2v) is 7.67. The van der Waals surface area contributed by atoms with Crippen LogP contribution in [0.15, 0.2) is 57.9 Å². The van der Waals surface area contributed by atoms with Gasteiger partial charge in [0.25, 0.3) is 0 Å². The molecule has 0 saturated carbocycles. The lowest BCUT2D eigenvalue weighted by Gasteiger charge is -2.06. The molecule has 0 fully saturated rings. The highest BCUT2D eigenvalue weighted by Gasteiger charge is 2.11. The van der Waals surface area contributed by atoms with Crippen LogP contribution in [0.4, 0.5) is 0 Å². The van der Waals surface area contributed by atoms with Gasteiger partial charge in [0, 0.05) is 32.1 Å². The standard InChI is InChI=1S/C17H12Cl2IN3S/c1-21-17-23(22-9-11-4-2-3-5-15(11)20)16(10-24-17)13-7-6-12(18)8-14(13)19/h2-10H,1H3. The highest BCUT2D eigenvalue weighted by Crippen LogP contribution is 2.30. The highest BCUT2D eigenvalue weighted by molar-refractivity contribution is 14.1. The number of hydrogen-bond donors (Lipinski definition) is 0. The van der Waals surface area contributed by atoms with Gasteiger partial charge in [-0.25, -0.2) is 4.68 Å². The van der Waals surface area contributed by atoms with Gasteiger partial charge < -0.3 is 0 Å². The van der Waals surface area contributed by atoms with E-state index in [4.69, 9.17) is 23.2 Å². The first-order valence-corrected chi connectivity index (χ1v) is 9.69. The largest absolute Gasteiger partial charge is 0.261 e. The van der Waals surface area contributed by atoms with Crippen molar-refractivity contribution in [2.75, 3.05) is 7.05 Å². The van der Waals surface area contributed by atoms with Gasteiger partial charge in [-0.05, 0) is 46.9 Å². The first kappa shape index (κ1) is 17.7. The molecule has 0 N–H and O–H groups in total. The van der Waals surface area contributed by atoms with Crippen LogP contribution in [0.3, 0.4) is 0 Å². The number of aromatic nitrogens is 1. The Labute approximate surface area is 167 Å². The fourth-order valence-corrected chi connectivity index (χ4v) is 3.97. The fraction of sp³-hybridized carbons (Fsp3) is 0.0588. The van der Waals surface area contributed by atoms with Crippen molar-refractivity contribution in [3.63, 3.8) is 0 Å². The van der Waals surface area contributed by atoms with Gasteiger partial charge in [0.05, 0.1) is 16.9 Å². The van der Waals surface area contributed by atoms with Crippen molar-refractivity contribution in [3.8, 4) is 11.3 Å². The van der Waals surface area contributed by atoms with Gasteiger partial charge in [0.15, 0.2) is 0 Å². The third-order valence-electron chi connectivity index (χ3n) is 3.30. The predicted octanol–water partition coefficient (Wildman–Crippen LogP) is 5.54. The first-order valence-electron chi connectivity index (χ1n) is 6.98. The summed E-state index contributed by atoms with van der Waals surface area (Å²) in [6.45, 7) is 0. The summed E-state index contributed by atoms with van der Waals surface area (Å²) in [6.07, 6.45) is 1.83. The zero-order valence-corrected chi connectivity index (χ0v) is 17.1. The number of hydrogen-bond acceptors (Lipinski definition) is 3. The molecule has 0 amide bonds. The van der Waals surface area contributed by atoms with Crippen LogP contribution in [0.2, 0.25) is 10.0 Å². The Morgan fingerprint density at radius 1 is 1.17 bits per heavy atom. The topological polar surface area (TPSA) is 29.6 Å². The van der Waals surface area contributed by atoms with Crippen LogP contribution in [0.5, 0.6) is 0 Å². The Hall–Kier alpha value is -1.15. The maximum Gasteiger partial charge on any atom is 0.205 e. The van der Waals surface area contributed by atoms with Crippen LogP contribution in [0, 0.1) is 3.57 Å². The molecule has 24 heavy (non-hydrogen) atoms. The van der Waals surface area contributed by atoms with Crippen molar-refractivity contribution in [1.82, 2.24) is 4.68 Å². The molecule has 1 heterocycles. The van der Waals surface area contributed by atoms with E-state index in [2.05, 4.69) is 32.7 Å². The second-order valence-electron chi connectivity index (χ2n) is 4.83. The van der Waals surface area contributed by atoms with Crippen molar-refractivity contribution in [2.24, 2.45) is 10.1 Å².